The molecule has 1 saturated heterocycles. The van der Waals surface area contributed by atoms with Crippen LogP contribution in [0.25, 0.3) is 0 Å². The van der Waals surface area contributed by atoms with Gasteiger partial charge < -0.3 is 9.64 Å². The Labute approximate surface area is 143 Å². The maximum absolute atomic E-state index is 14.2. The van der Waals surface area contributed by atoms with Gasteiger partial charge in [0.1, 0.15) is 11.5 Å². The van der Waals surface area contributed by atoms with Crippen molar-refractivity contribution in [3.05, 3.63) is 16.5 Å². The van der Waals surface area contributed by atoms with E-state index in [-0.39, 0.29) is 23.4 Å². The molecule has 0 bridgehead atoms. The van der Waals surface area contributed by atoms with Crippen molar-refractivity contribution >= 4 is 23.4 Å². The number of methoxy groups -OCH3 is 1. The van der Waals surface area contributed by atoms with Crippen molar-refractivity contribution in [1.29, 1.82) is 0 Å². The minimum absolute atomic E-state index is 0.128. The van der Waals surface area contributed by atoms with Gasteiger partial charge in [-0.15, -0.1) is 0 Å². The van der Waals surface area contributed by atoms with Gasteiger partial charge in [-0.1, -0.05) is 0 Å². The lowest BCUT2D eigenvalue weighted by molar-refractivity contribution is -0.141. The number of fused-ring (bicyclic) bond motifs is 2. The predicted molar refractivity (Wildman–Crippen MR) is 83.2 cm³/mol. The highest BCUT2D eigenvalue weighted by molar-refractivity contribution is 6.28. The van der Waals surface area contributed by atoms with Crippen LogP contribution in [0, 0.1) is 17.8 Å². The van der Waals surface area contributed by atoms with Gasteiger partial charge in [-0.3, -0.25) is 4.79 Å². The van der Waals surface area contributed by atoms with Gasteiger partial charge in [0.2, 0.25) is 5.28 Å². The molecule has 0 amide bonds. The van der Waals surface area contributed by atoms with Crippen LogP contribution in [0.4, 0.5) is 14.6 Å². The Morgan fingerprint density at radius 3 is 2.75 bits per heavy atom. The van der Waals surface area contributed by atoms with E-state index in [1.807, 2.05) is 4.90 Å². The normalized spacial score (nSPS) is 29.8. The number of piperidine rings is 1. The lowest BCUT2D eigenvalue weighted by Crippen LogP contribution is -2.31. The maximum atomic E-state index is 14.2. The first-order valence-electron chi connectivity index (χ1n) is 8.17. The molecule has 2 aliphatic carbocycles. The van der Waals surface area contributed by atoms with E-state index in [1.54, 1.807) is 0 Å². The maximum Gasteiger partial charge on any atom is 0.305 e. The number of nitrogens with zero attached hydrogens (tertiary/aromatic N) is 3. The zero-order chi connectivity index (χ0) is 17.1. The third-order valence-electron chi connectivity index (χ3n) is 5.52. The molecular formula is C16H18ClF2N3O2. The molecule has 0 spiro atoms. The van der Waals surface area contributed by atoms with Gasteiger partial charge in [-0.05, 0) is 42.2 Å². The Morgan fingerprint density at radius 2 is 2.08 bits per heavy atom. The van der Waals surface area contributed by atoms with Gasteiger partial charge in [-0.2, -0.15) is 8.78 Å². The Morgan fingerprint density at radius 1 is 1.38 bits per heavy atom. The van der Waals surface area contributed by atoms with Crippen molar-refractivity contribution < 1.29 is 18.3 Å². The number of anilines is 1. The number of hydrogen-bond acceptors (Lipinski definition) is 5. The van der Waals surface area contributed by atoms with Crippen molar-refractivity contribution in [3.63, 3.8) is 0 Å². The molecule has 1 unspecified atom stereocenters. The van der Waals surface area contributed by atoms with Crippen molar-refractivity contribution in [2.45, 2.75) is 31.6 Å². The molecule has 24 heavy (non-hydrogen) atoms. The first-order valence-corrected chi connectivity index (χ1v) is 8.55. The summed E-state index contributed by atoms with van der Waals surface area (Å²) in [6.07, 6.45) is 1.21. The zero-order valence-electron chi connectivity index (χ0n) is 13.3. The van der Waals surface area contributed by atoms with Crippen LogP contribution >= 0.6 is 11.6 Å². The first kappa shape index (κ1) is 16.0. The fourth-order valence-corrected chi connectivity index (χ4v) is 4.41. The number of rotatable bonds is 3. The standard InChI is InChI=1S/C16H18ClF2N3O2/c1-24-12(23)5-9-10-6-22(7-11(9)10)14-8-3-2-4-16(18,19)13(8)20-15(17)21-14/h9-11H,2-7H2,1H3/t9?,10-,11+. The molecule has 3 atom stereocenters. The number of hydrogen-bond donors (Lipinski definition) is 0. The summed E-state index contributed by atoms with van der Waals surface area (Å²) in [6.45, 7) is 1.44. The molecule has 1 aromatic heterocycles. The van der Waals surface area contributed by atoms with Crippen LogP contribution in [0.1, 0.15) is 30.5 Å². The van der Waals surface area contributed by atoms with Gasteiger partial charge in [0, 0.05) is 31.5 Å². The number of carbonyl (C=O) groups is 1. The summed E-state index contributed by atoms with van der Waals surface area (Å²) in [7, 11) is 1.39. The highest BCUT2D eigenvalue weighted by Crippen LogP contribution is 2.55. The van der Waals surface area contributed by atoms with E-state index >= 15 is 0 Å². The SMILES string of the molecule is COC(=O)CC1[C@H]2CN(c3nc(Cl)nc4c3CCCC4(F)F)C[C@@H]12. The minimum atomic E-state index is -2.94. The summed E-state index contributed by atoms with van der Waals surface area (Å²) in [5.41, 5.74) is 0.317. The van der Waals surface area contributed by atoms with Crippen LogP contribution in [0.3, 0.4) is 0 Å². The van der Waals surface area contributed by atoms with Gasteiger partial charge in [0.25, 0.3) is 5.92 Å². The molecule has 1 aromatic rings. The molecule has 0 N–H and O–H groups in total. The van der Waals surface area contributed by atoms with Crippen LogP contribution in [0.2, 0.25) is 5.28 Å². The number of alkyl halides is 2. The quantitative estimate of drug-likeness (QED) is 0.615. The van der Waals surface area contributed by atoms with E-state index in [2.05, 4.69) is 9.97 Å². The highest BCUT2D eigenvalue weighted by atomic mass is 35.5. The Balaban J connectivity index is 1.55. The fourth-order valence-electron chi connectivity index (χ4n) is 4.25. The lowest BCUT2D eigenvalue weighted by atomic mass is 9.93. The van der Waals surface area contributed by atoms with E-state index in [1.165, 1.54) is 7.11 Å². The minimum Gasteiger partial charge on any atom is -0.469 e. The van der Waals surface area contributed by atoms with Crippen molar-refractivity contribution in [1.82, 2.24) is 9.97 Å². The molecule has 1 saturated carbocycles. The number of ether oxygens (including phenoxy) is 1. The molecule has 8 heteroatoms. The van der Waals surface area contributed by atoms with Crippen LogP contribution in [-0.4, -0.2) is 36.1 Å². The van der Waals surface area contributed by atoms with Gasteiger partial charge >= 0.3 is 5.97 Å². The Bertz CT molecular complexity index is 688. The number of halogens is 3. The number of carbonyl (C=O) groups excluding carboxylic acids is 1. The third kappa shape index (κ3) is 2.53. The molecule has 2 fully saturated rings. The van der Waals surface area contributed by atoms with Gasteiger partial charge in [0.15, 0.2) is 0 Å². The summed E-state index contributed by atoms with van der Waals surface area (Å²) in [5, 5.41) is -0.128. The first-order chi connectivity index (χ1) is 11.4. The van der Waals surface area contributed by atoms with E-state index in [4.69, 9.17) is 16.3 Å². The molecule has 0 radical (unpaired) electrons. The topological polar surface area (TPSA) is 55.3 Å². The van der Waals surface area contributed by atoms with Crippen LogP contribution in [0.15, 0.2) is 0 Å². The molecule has 4 rings (SSSR count). The zero-order valence-corrected chi connectivity index (χ0v) is 14.0. The number of esters is 1. The van der Waals surface area contributed by atoms with Crippen LogP contribution in [0.5, 0.6) is 0 Å². The van der Waals surface area contributed by atoms with Crippen LogP contribution in [-0.2, 0) is 21.9 Å². The largest absolute Gasteiger partial charge is 0.469 e. The fraction of sp³-hybridized carbons (Fsp3) is 0.688. The monoisotopic (exact) mass is 357 g/mol. The lowest BCUT2D eigenvalue weighted by Gasteiger charge is -2.29. The van der Waals surface area contributed by atoms with Crippen molar-refractivity contribution in [3.8, 4) is 0 Å². The van der Waals surface area contributed by atoms with E-state index in [0.29, 0.717) is 48.4 Å². The second-order valence-electron chi connectivity index (χ2n) is 6.88. The van der Waals surface area contributed by atoms with Crippen LogP contribution < -0.4 is 4.90 Å². The summed E-state index contributed by atoms with van der Waals surface area (Å²) in [5.74, 6) is -1.44. The molecule has 2 heterocycles. The summed E-state index contributed by atoms with van der Waals surface area (Å²) < 4.78 is 33.0. The van der Waals surface area contributed by atoms with Gasteiger partial charge in [0.05, 0.1) is 7.11 Å². The molecule has 5 nitrogen and oxygen atoms in total. The molecule has 130 valence electrons. The second kappa shape index (κ2) is 5.51. The molecular weight excluding hydrogens is 340 g/mol. The third-order valence-corrected chi connectivity index (χ3v) is 5.69. The van der Waals surface area contributed by atoms with Crippen molar-refractivity contribution in [2.24, 2.45) is 17.8 Å². The predicted octanol–water partition coefficient (Wildman–Crippen LogP) is 2.80. The average Bonchev–Trinajstić information content (AvgIpc) is 2.97. The van der Waals surface area contributed by atoms with Gasteiger partial charge in [-0.25, -0.2) is 9.97 Å². The van der Waals surface area contributed by atoms with E-state index in [0.717, 1.165) is 13.1 Å². The summed E-state index contributed by atoms with van der Waals surface area (Å²) in [6, 6.07) is 0. The summed E-state index contributed by atoms with van der Waals surface area (Å²) >= 11 is 5.91. The summed E-state index contributed by atoms with van der Waals surface area (Å²) in [4.78, 5) is 21.5. The van der Waals surface area contributed by atoms with E-state index in [9.17, 15) is 13.6 Å². The average molecular weight is 358 g/mol. The van der Waals surface area contributed by atoms with E-state index < -0.39 is 5.92 Å². The van der Waals surface area contributed by atoms with Crippen molar-refractivity contribution in [2.75, 3.05) is 25.1 Å². The highest BCUT2D eigenvalue weighted by Gasteiger charge is 2.57. The molecule has 1 aliphatic heterocycles. The Kier molecular flexibility index (Phi) is 3.67. The Hall–Kier alpha value is -1.50. The second-order valence-corrected chi connectivity index (χ2v) is 7.22. The smallest absolute Gasteiger partial charge is 0.305 e. The molecule has 3 aliphatic rings. The molecule has 0 aromatic carbocycles. The number of aromatic nitrogens is 2.